The Hall–Kier alpha value is -5.95. The fraction of sp³-hybridized carbons (Fsp3) is 0.250. The van der Waals surface area contributed by atoms with Crippen molar-refractivity contribution in [2.24, 2.45) is 5.41 Å². The Morgan fingerprint density at radius 2 is 1.57 bits per heavy atom. The average molecular weight is 722 g/mol. The minimum Gasteiger partial charge on any atom is -0.451 e. The Kier molecular flexibility index (Phi) is 8.73. The summed E-state index contributed by atoms with van der Waals surface area (Å²) in [5, 5.41) is 5.08. The highest BCUT2D eigenvalue weighted by Gasteiger charge is 2.45. The first-order valence-corrected chi connectivity index (χ1v) is 17.3. The van der Waals surface area contributed by atoms with Crippen LogP contribution in [0.1, 0.15) is 55.4 Å². The minimum absolute atomic E-state index is 0.202. The van der Waals surface area contributed by atoms with Gasteiger partial charge < -0.3 is 29.6 Å². The molecule has 13 heteroatoms. The van der Waals surface area contributed by atoms with E-state index in [0.717, 1.165) is 44.8 Å². The molecule has 0 unspecified atom stereocenters. The van der Waals surface area contributed by atoms with Gasteiger partial charge in [0.1, 0.15) is 23.1 Å². The lowest BCUT2D eigenvalue weighted by molar-refractivity contribution is -0.000519. The molecule has 0 aliphatic carbocycles. The summed E-state index contributed by atoms with van der Waals surface area (Å²) in [5.41, 5.74) is 3.33. The number of amides is 3. The van der Waals surface area contributed by atoms with Crippen LogP contribution in [0.15, 0.2) is 83.3 Å². The summed E-state index contributed by atoms with van der Waals surface area (Å²) in [7, 11) is 0. The normalized spacial score (nSPS) is 15.9. The number of aromatic nitrogens is 1. The third-order valence-corrected chi connectivity index (χ3v) is 10.1. The van der Waals surface area contributed by atoms with E-state index in [1.165, 1.54) is 6.07 Å². The van der Waals surface area contributed by atoms with Gasteiger partial charge in [-0.1, -0.05) is 12.1 Å². The fourth-order valence-corrected chi connectivity index (χ4v) is 7.30. The molecule has 1 spiro atoms. The number of furan rings is 1. The molecule has 5 aromatic rings. The summed E-state index contributed by atoms with van der Waals surface area (Å²) in [4.78, 5) is 48.9. The number of anilines is 4. The number of carbonyl (C=O) groups excluding carboxylic acids is 3. The zero-order valence-corrected chi connectivity index (χ0v) is 28.7. The molecular formula is C40H34F3N5O5. The van der Waals surface area contributed by atoms with Crippen molar-refractivity contribution in [1.29, 1.82) is 0 Å². The van der Waals surface area contributed by atoms with Crippen LogP contribution >= 0.6 is 0 Å². The van der Waals surface area contributed by atoms with Crippen LogP contribution in [0, 0.1) is 29.8 Å². The number of aryl methyl sites for hydroxylation is 1. The average Bonchev–Trinajstić information content (AvgIpc) is 3.50. The molecule has 3 aliphatic heterocycles. The monoisotopic (exact) mass is 721 g/mol. The molecule has 0 saturated carbocycles. The fourth-order valence-electron chi connectivity index (χ4n) is 7.30. The molecule has 0 radical (unpaired) electrons. The topological polar surface area (TPSA) is 117 Å². The van der Waals surface area contributed by atoms with Crippen LogP contribution in [0.5, 0.6) is 0 Å². The number of nitrogens with zero attached hydrogens (tertiary/aromatic N) is 3. The zero-order chi connectivity index (χ0) is 36.9. The van der Waals surface area contributed by atoms with E-state index in [-0.39, 0.29) is 29.5 Å². The van der Waals surface area contributed by atoms with Crippen molar-refractivity contribution < 1.29 is 36.7 Å². The molecule has 3 amide bonds. The number of para-hydroxylation sites is 1. The molecule has 2 aromatic heterocycles. The number of ether oxygens (including phenoxy) is 1. The van der Waals surface area contributed by atoms with Crippen molar-refractivity contribution in [1.82, 2.24) is 4.98 Å². The van der Waals surface area contributed by atoms with Crippen LogP contribution in [0.25, 0.3) is 11.3 Å². The smallest absolute Gasteiger partial charge is 0.291 e. The van der Waals surface area contributed by atoms with Gasteiger partial charge in [-0.3, -0.25) is 14.4 Å². The molecule has 53 heavy (non-hydrogen) atoms. The van der Waals surface area contributed by atoms with E-state index in [2.05, 4.69) is 15.5 Å². The van der Waals surface area contributed by atoms with Crippen molar-refractivity contribution in [3.63, 3.8) is 0 Å². The summed E-state index contributed by atoms with van der Waals surface area (Å²) in [6.45, 7) is 5.32. The molecule has 10 nitrogen and oxygen atoms in total. The minimum atomic E-state index is -1.26. The van der Waals surface area contributed by atoms with Gasteiger partial charge in [0.05, 0.1) is 11.3 Å². The summed E-state index contributed by atoms with van der Waals surface area (Å²) >= 11 is 0. The third-order valence-electron chi connectivity index (χ3n) is 10.1. The maximum absolute atomic E-state index is 14.2. The van der Waals surface area contributed by atoms with E-state index >= 15 is 0 Å². The van der Waals surface area contributed by atoms with E-state index in [1.54, 1.807) is 59.5 Å². The van der Waals surface area contributed by atoms with E-state index < -0.39 is 29.0 Å². The van der Waals surface area contributed by atoms with Gasteiger partial charge >= 0.3 is 0 Å². The molecule has 2 saturated heterocycles. The Labute approximate surface area is 302 Å². The second-order valence-electron chi connectivity index (χ2n) is 13.7. The molecule has 8 rings (SSSR count). The predicted molar refractivity (Wildman–Crippen MR) is 192 cm³/mol. The Morgan fingerprint density at radius 1 is 0.849 bits per heavy atom. The number of carbonyl (C=O) groups is 3. The van der Waals surface area contributed by atoms with E-state index in [9.17, 15) is 27.6 Å². The number of nitrogens with one attached hydrogen (secondary N) is 2. The highest BCUT2D eigenvalue weighted by molar-refractivity contribution is 6.10. The van der Waals surface area contributed by atoms with Crippen LogP contribution in [-0.2, 0) is 11.2 Å². The first kappa shape index (κ1) is 34.2. The van der Waals surface area contributed by atoms with Crippen molar-refractivity contribution in [2.75, 3.05) is 53.3 Å². The van der Waals surface area contributed by atoms with E-state index in [1.807, 2.05) is 13.0 Å². The quantitative estimate of drug-likeness (QED) is 0.188. The molecule has 5 heterocycles. The summed E-state index contributed by atoms with van der Waals surface area (Å²) in [6.07, 6.45) is 2.31. The lowest BCUT2D eigenvalue weighted by Crippen LogP contribution is -2.59. The van der Waals surface area contributed by atoms with E-state index in [0.29, 0.717) is 63.8 Å². The standard InChI is InChI=1S/C40H34F3N5O5/c1-23-6-11-29(36(44-23)47-21-40(22-47)13-16-52-17-14-40)37(49)45-27-9-7-24(8-10-27)39(51)48-15-12-25-18-33(53-35(25)28-4-2-3-5-32(28)48)38(50)46-34-30(42)19-26(41)20-31(34)43/h2-11,18-20H,12-17,21-22H2,1H3,(H,45,49)(H,46,50). The number of halogens is 3. The maximum atomic E-state index is 14.2. The second-order valence-corrected chi connectivity index (χ2v) is 13.7. The SMILES string of the molecule is Cc1ccc(C(=O)Nc2ccc(C(=O)N3CCc4cc(C(=O)Nc5c(F)cc(F)cc5F)oc4-c4ccccc43)cc2)c(N2CC3(CCOCC3)C2)n1. The second kappa shape index (κ2) is 13.6. The molecule has 0 atom stereocenters. The van der Waals surface area contributed by atoms with Gasteiger partial charge in [0, 0.05) is 78.5 Å². The Morgan fingerprint density at radius 3 is 2.30 bits per heavy atom. The lowest BCUT2D eigenvalue weighted by Gasteiger charge is -2.53. The molecule has 2 N–H and O–H groups in total. The lowest BCUT2D eigenvalue weighted by atomic mass is 9.73. The maximum Gasteiger partial charge on any atom is 0.291 e. The van der Waals surface area contributed by atoms with Gasteiger partial charge in [0.25, 0.3) is 17.7 Å². The molecular weight excluding hydrogens is 687 g/mol. The molecule has 3 aromatic carbocycles. The van der Waals surface area contributed by atoms with E-state index in [4.69, 9.17) is 14.1 Å². The van der Waals surface area contributed by atoms with Crippen molar-refractivity contribution in [3.8, 4) is 11.3 Å². The third kappa shape index (κ3) is 6.52. The predicted octanol–water partition coefficient (Wildman–Crippen LogP) is 7.39. The number of hydrogen-bond acceptors (Lipinski definition) is 7. The first-order valence-electron chi connectivity index (χ1n) is 17.3. The largest absolute Gasteiger partial charge is 0.451 e. The number of pyridine rings is 1. The van der Waals surface area contributed by atoms with Gasteiger partial charge in [-0.05, 0) is 80.8 Å². The highest BCUT2D eigenvalue weighted by atomic mass is 19.1. The number of fused-ring (bicyclic) bond motifs is 3. The molecule has 0 bridgehead atoms. The van der Waals surface area contributed by atoms with Gasteiger partial charge in [-0.25, -0.2) is 18.2 Å². The van der Waals surface area contributed by atoms with Crippen LogP contribution in [0.4, 0.5) is 36.1 Å². The zero-order valence-electron chi connectivity index (χ0n) is 28.7. The molecule has 2 fully saturated rings. The van der Waals surface area contributed by atoms with Gasteiger partial charge in [0.15, 0.2) is 17.4 Å². The highest BCUT2D eigenvalue weighted by Crippen LogP contribution is 2.43. The Balaban J connectivity index is 0.973. The number of hydrogen-bond donors (Lipinski definition) is 2. The number of benzene rings is 3. The molecule has 3 aliphatic rings. The molecule has 270 valence electrons. The number of rotatable bonds is 6. The van der Waals surface area contributed by atoms with Gasteiger partial charge in [0.2, 0.25) is 0 Å². The summed E-state index contributed by atoms with van der Waals surface area (Å²) in [5.74, 6) is -4.34. The van der Waals surface area contributed by atoms with Crippen molar-refractivity contribution in [3.05, 3.63) is 124 Å². The van der Waals surface area contributed by atoms with Crippen LogP contribution in [0.3, 0.4) is 0 Å². The summed E-state index contributed by atoms with van der Waals surface area (Å²) in [6, 6.07) is 19.7. The van der Waals surface area contributed by atoms with Gasteiger partial charge in [-0.2, -0.15) is 0 Å². The van der Waals surface area contributed by atoms with Crippen LogP contribution in [-0.4, -0.2) is 55.6 Å². The first-order chi connectivity index (χ1) is 25.6. The Bertz CT molecular complexity index is 2240. The van der Waals surface area contributed by atoms with Crippen molar-refractivity contribution >= 4 is 40.6 Å². The van der Waals surface area contributed by atoms with Crippen LogP contribution < -0.4 is 20.4 Å². The van der Waals surface area contributed by atoms with Crippen molar-refractivity contribution in [2.45, 2.75) is 26.2 Å². The van der Waals surface area contributed by atoms with Crippen LogP contribution in [0.2, 0.25) is 0 Å². The summed E-state index contributed by atoms with van der Waals surface area (Å²) < 4.78 is 53.2. The van der Waals surface area contributed by atoms with Gasteiger partial charge in [-0.15, -0.1) is 0 Å².